The Morgan fingerprint density at radius 3 is 1.76 bits per heavy atom. The number of fused-ring (bicyclic) bond motifs is 1. The lowest BCUT2D eigenvalue weighted by Crippen LogP contribution is -2.07. The van der Waals surface area contributed by atoms with Crippen LogP contribution in [-0.4, -0.2) is 0 Å². The van der Waals surface area contributed by atoms with Crippen molar-refractivity contribution in [3.63, 3.8) is 0 Å². The van der Waals surface area contributed by atoms with Gasteiger partial charge in [-0.3, -0.25) is 0 Å². The lowest BCUT2D eigenvalue weighted by atomic mass is 9.84. The number of hydrogen-bond acceptors (Lipinski definition) is 0. The minimum Gasteiger partial charge on any atom is -0.0776 e. The molecule has 0 heteroatoms. The second kappa shape index (κ2) is 12.9. The molecule has 1 saturated carbocycles. The largest absolute Gasteiger partial charge is 0.0776 e. The molecule has 0 spiro atoms. The maximum atomic E-state index is 2.40. The van der Waals surface area contributed by atoms with Crippen LogP contribution in [0.15, 0.2) is 18.2 Å². The van der Waals surface area contributed by atoms with Gasteiger partial charge in [-0.2, -0.15) is 0 Å². The fourth-order valence-electron chi connectivity index (χ4n) is 3.14. The van der Waals surface area contributed by atoms with Crippen LogP contribution in [0.4, 0.5) is 0 Å². The summed E-state index contributed by atoms with van der Waals surface area (Å²) < 4.78 is 0. The molecular formula is C21H40. The van der Waals surface area contributed by atoms with Gasteiger partial charge in [0.2, 0.25) is 0 Å². The first-order chi connectivity index (χ1) is 9.86. The van der Waals surface area contributed by atoms with Crippen LogP contribution in [0.5, 0.6) is 0 Å². The Kier molecular flexibility index (Phi) is 13.8. The van der Waals surface area contributed by atoms with Crippen LogP contribution in [0, 0.1) is 12.8 Å². The Hall–Kier alpha value is -0.780. The van der Waals surface area contributed by atoms with Gasteiger partial charge in [-0.15, -0.1) is 0 Å². The van der Waals surface area contributed by atoms with Gasteiger partial charge in [0.05, 0.1) is 0 Å². The highest BCUT2D eigenvalue weighted by molar-refractivity contribution is 5.54. The molecule has 0 nitrogen and oxygen atoms in total. The molecule has 0 saturated heterocycles. The van der Waals surface area contributed by atoms with E-state index in [0.717, 1.165) is 11.8 Å². The number of hydrogen-bond donors (Lipinski definition) is 0. The smallest absolute Gasteiger partial charge is 0.0124 e. The van der Waals surface area contributed by atoms with Crippen molar-refractivity contribution >= 4 is 0 Å². The van der Waals surface area contributed by atoms with Crippen molar-refractivity contribution in [1.29, 1.82) is 0 Å². The van der Waals surface area contributed by atoms with Crippen molar-refractivity contribution < 1.29 is 0 Å². The molecule has 124 valence electrons. The van der Waals surface area contributed by atoms with E-state index in [1.807, 2.05) is 41.5 Å². The van der Waals surface area contributed by atoms with E-state index < -0.39 is 0 Å². The van der Waals surface area contributed by atoms with Gasteiger partial charge >= 0.3 is 0 Å². The van der Waals surface area contributed by atoms with Crippen LogP contribution in [0.1, 0.15) is 104 Å². The predicted octanol–water partition coefficient (Wildman–Crippen LogP) is 7.74. The summed E-state index contributed by atoms with van der Waals surface area (Å²) in [5.41, 5.74) is 4.75. The van der Waals surface area contributed by atoms with E-state index in [0.29, 0.717) is 0 Å². The van der Waals surface area contributed by atoms with E-state index in [2.05, 4.69) is 25.1 Å². The molecule has 0 aromatic heterocycles. The first-order valence-electron chi connectivity index (χ1n) is 8.97. The Labute approximate surface area is 135 Å². The van der Waals surface area contributed by atoms with Gasteiger partial charge in [0.1, 0.15) is 0 Å². The zero-order valence-corrected chi connectivity index (χ0v) is 14.9. The maximum absolute atomic E-state index is 2.40. The molecule has 0 heterocycles. The minimum atomic E-state index is 0. The van der Waals surface area contributed by atoms with Crippen molar-refractivity contribution in [2.45, 2.75) is 93.9 Å². The second-order valence-electron chi connectivity index (χ2n) is 5.01. The quantitative estimate of drug-likeness (QED) is 0.496. The van der Waals surface area contributed by atoms with Gasteiger partial charge in [0.25, 0.3) is 0 Å². The van der Waals surface area contributed by atoms with E-state index >= 15 is 0 Å². The molecule has 0 amide bonds. The topological polar surface area (TPSA) is 0 Å². The van der Waals surface area contributed by atoms with Gasteiger partial charge in [0.15, 0.2) is 0 Å². The number of aryl methyl sites for hydroxylation is 1. The molecule has 0 bridgehead atoms. The molecule has 1 atom stereocenters. The molecule has 0 unspecified atom stereocenters. The van der Waals surface area contributed by atoms with Gasteiger partial charge in [-0.1, -0.05) is 92.0 Å². The maximum Gasteiger partial charge on any atom is 0.0124 e. The lowest BCUT2D eigenvalue weighted by Gasteiger charge is -2.21. The average molecular weight is 293 g/mol. The van der Waals surface area contributed by atoms with Gasteiger partial charge in [0, 0.05) is 5.92 Å². The molecule has 21 heavy (non-hydrogen) atoms. The van der Waals surface area contributed by atoms with E-state index in [-0.39, 0.29) is 7.43 Å². The summed E-state index contributed by atoms with van der Waals surface area (Å²) in [7, 11) is 0. The molecule has 2 aliphatic carbocycles. The standard InChI is InChI=1S/C14H18.3C2H6.CH4/c1-10-7-8-12-13(9-10)14(12)11-5-3-2-4-6-11;3*1-2;/h7-9,11,14H,2-6H2,1H3;3*1-2H3;1H4/t14-;;;;/m0..../s1. The third kappa shape index (κ3) is 6.24. The van der Waals surface area contributed by atoms with Crippen molar-refractivity contribution in [3.8, 4) is 0 Å². The zero-order chi connectivity index (χ0) is 15.5. The van der Waals surface area contributed by atoms with Crippen molar-refractivity contribution in [3.05, 3.63) is 34.9 Å². The summed E-state index contributed by atoms with van der Waals surface area (Å²) >= 11 is 0. The third-order valence-corrected chi connectivity index (χ3v) is 3.95. The van der Waals surface area contributed by atoms with Gasteiger partial charge in [-0.25, -0.2) is 0 Å². The first kappa shape index (κ1) is 22.5. The summed E-state index contributed by atoms with van der Waals surface area (Å²) in [6.45, 7) is 14.2. The molecule has 0 N–H and O–H groups in total. The summed E-state index contributed by atoms with van der Waals surface area (Å²) in [6, 6.07) is 7.01. The normalized spacial score (nSPS) is 18.1. The SMILES string of the molecule is C.CC.CC.CC.Cc1ccc2c(c1)[C@H]2C1CCCCC1. The Morgan fingerprint density at radius 1 is 0.762 bits per heavy atom. The molecule has 3 rings (SSSR count). The molecule has 2 aliphatic rings. The Bertz CT molecular complexity index is 345. The van der Waals surface area contributed by atoms with Gasteiger partial charge < -0.3 is 0 Å². The highest BCUT2D eigenvalue weighted by Crippen LogP contribution is 2.52. The van der Waals surface area contributed by atoms with Gasteiger partial charge in [-0.05, 0) is 36.8 Å². The highest BCUT2D eigenvalue weighted by atomic mass is 14.4. The molecule has 1 fully saturated rings. The monoisotopic (exact) mass is 292 g/mol. The van der Waals surface area contributed by atoms with Crippen LogP contribution in [-0.2, 0) is 0 Å². The second-order valence-corrected chi connectivity index (χ2v) is 5.01. The van der Waals surface area contributed by atoms with Crippen molar-refractivity contribution in [2.24, 2.45) is 5.92 Å². The Balaban J connectivity index is 0. The van der Waals surface area contributed by atoms with Crippen molar-refractivity contribution in [1.82, 2.24) is 0 Å². The molecule has 1 aromatic rings. The van der Waals surface area contributed by atoms with Crippen LogP contribution in [0.3, 0.4) is 0 Å². The van der Waals surface area contributed by atoms with Crippen molar-refractivity contribution in [2.75, 3.05) is 0 Å². The van der Waals surface area contributed by atoms with Crippen LogP contribution in [0.2, 0.25) is 0 Å². The van der Waals surface area contributed by atoms with E-state index in [1.54, 1.807) is 11.1 Å². The van der Waals surface area contributed by atoms with E-state index in [1.165, 1.54) is 37.7 Å². The molecule has 0 radical (unpaired) electrons. The first-order valence-corrected chi connectivity index (χ1v) is 8.97. The summed E-state index contributed by atoms with van der Waals surface area (Å²) in [5, 5.41) is 0. The lowest BCUT2D eigenvalue weighted by molar-refractivity contribution is 0.350. The minimum absolute atomic E-state index is 0. The summed E-state index contributed by atoms with van der Waals surface area (Å²) in [5.74, 6) is 1.85. The fraction of sp³-hybridized carbons (Fsp3) is 0.714. The zero-order valence-electron chi connectivity index (χ0n) is 14.9. The molecule has 0 aliphatic heterocycles. The van der Waals surface area contributed by atoms with Crippen LogP contribution < -0.4 is 0 Å². The van der Waals surface area contributed by atoms with Crippen LogP contribution in [0.25, 0.3) is 0 Å². The molecular weight excluding hydrogens is 252 g/mol. The summed E-state index contributed by atoms with van der Waals surface area (Å²) in [6.07, 6.45) is 7.34. The number of benzene rings is 1. The van der Waals surface area contributed by atoms with E-state index in [9.17, 15) is 0 Å². The van der Waals surface area contributed by atoms with E-state index in [4.69, 9.17) is 0 Å². The summed E-state index contributed by atoms with van der Waals surface area (Å²) in [4.78, 5) is 0. The fourth-order valence-corrected chi connectivity index (χ4v) is 3.14. The average Bonchev–Trinajstić information content (AvgIpc) is 3.27. The Morgan fingerprint density at radius 2 is 1.29 bits per heavy atom. The third-order valence-electron chi connectivity index (χ3n) is 3.95. The highest BCUT2D eigenvalue weighted by Gasteiger charge is 2.38. The molecule has 1 aromatic carbocycles. The predicted molar refractivity (Wildman–Crippen MR) is 100 cm³/mol. The number of rotatable bonds is 1. The van der Waals surface area contributed by atoms with Crippen LogP contribution >= 0.6 is 0 Å².